The van der Waals surface area contributed by atoms with Gasteiger partial charge in [0.1, 0.15) is 0 Å². The summed E-state index contributed by atoms with van der Waals surface area (Å²) >= 11 is 1.66. The molecule has 5 heteroatoms. The molecule has 0 fully saturated rings. The second-order valence-corrected chi connectivity index (χ2v) is 11.9. The number of rotatable bonds is 6. The summed E-state index contributed by atoms with van der Waals surface area (Å²) in [7, 11) is 0. The molecule has 0 saturated heterocycles. The summed E-state index contributed by atoms with van der Waals surface area (Å²) in [5, 5.41) is 8.45. The molecule has 0 saturated carbocycles. The lowest BCUT2D eigenvalue weighted by Crippen LogP contribution is -2.29. The topological polar surface area (TPSA) is 53.5 Å². The zero-order valence-electron chi connectivity index (χ0n) is 22.4. The molecule has 3 aliphatic rings. The highest BCUT2D eigenvalue weighted by Gasteiger charge is 2.38. The Hall–Kier alpha value is -4.09. The van der Waals surface area contributed by atoms with Crippen LogP contribution in [0.2, 0.25) is 0 Å². The maximum Gasteiger partial charge on any atom is 0.250 e. The number of carbonyl (C=O) groups is 1. The minimum absolute atomic E-state index is 0.0877. The van der Waals surface area contributed by atoms with Gasteiger partial charge in [0.05, 0.1) is 22.8 Å². The average molecular weight is 542 g/mol. The van der Waals surface area contributed by atoms with E-state index in [1.165, 1.54) is 39.1 Å². The molecular weight excluding hydrogens is 510 g/mol. The molecule has 7 rings (SSSR count). The first kappa shape index (κ1) is 24.9. The fraction of sp³-hybridized carbons (Fsp3) is 0.200. The van der Waals surface area contributed by atoms with Crippen LogP contribution >= 0.6 is 11.8 Å². The van der Waals surface area contributed by atoms with E-state index in [0.29, 0.717) is 23.6 Å². The SMILES string of the molecule is C/C(=N\NC(=O)CSC1c2ccccc2-c2ccccc21)c1ccc2c(c1)[C@@H]1C=CC[C@@H]1[C@H](c1ccccc1)N2. The Bertz CT molecular complexity index is 1600. The second kappa shape index (κ2) is 10.5. The highest BCUT2D eigenvalue weighted by Crippen LogP contribution is 2.51. The van der Waals surface area contributed by atoms with Gasteiger partial charge in [-0.05, 0) is 70.3 Å². The van der Waals surface area contributed by atoms with Crippen LogP contribution in [0.1, 0.15) is 58.4 Å². The fourth-order valence-electron chi connectivity index (χ4n) is 6.50. The molecule has 2 aliphatic carbocycles. The van der Waals surface area contributed by atoms with Crippen LogP contribution < -0.4 is 10.7 Å². The van der Waals surface area contributed by atoms with Crippen molar-refractivity contribution in [2.75, 3.05) is 11.1 Å². The quantitative estimate of drug-likeness (QED) is 0.148. The van der Waals surface area contributed by atoms with Gasteiger partial charge in [-0.15, -0.1) is 11.8 Å². The van der Waals surface area contributed by atoms with Crippen LogP contribution in [-0.4, -0.2) is 17.4 Å². The standard InChI is InChI=1S/C35H31N3OS/c1-22(37-38-33(39)21-40-35-29-14-7-5-12-25(29)26-13-6-8-15-30(26)35)24-18-19-32-31(20-24)27-16-9-17-28(27)34(36-32)23-10-3-2-4-11-23/h2-16,18-20,27-28,34-36H,17,21H2,1H3,(H,38,39)/b37-22+/t27-,28+,34+/m1/s1. The van der Waals surface area contributed by atoms with Crippen LogP contribution in [-0.2, 0) is 4.79 Å². The molecule has 40 heavy (non-hydrogen) atoms. The van der Waals surface area contributed by atoms with Crippen molar-refractivity contribution in [3.8, 4) is 11.1 Å². The number of hydrogen-bond acceptors (Lipinski definition) is 4. The summed E-state index contributed by atoms with van der Waals surface area (Å²) in [6.07, 6.45) is 5.74. The molecule has 2 N–H and O–H groups in total. The zero-order chi connectivity index (χ0) is 27.1. The van der Waals surface area contributed by atoms with E-state index >= 15 is 0 Å². The molecule has 3 atom stereocenters. The molecule has 0 spiro atoms. The van der Waals surface area contributed by atoms with Crippen molar-refractivity contribution in [2.45, 2.75) is 30.6 Å². The predicted molar refractivity (Wildman–Crippen MR) is 166 cm³/mol. The second-order valence-electron chi connectivity index (χ2n) is 10.8. The molecule has 4 nitrogen and oxygen atoms in total. The Morgan fingerprint density at radius 2 is 1.60 bits per heavy atom. The number of nitrogens with zero attached hydrogens (tertiary/aromatic N) is 1. The van der Waals surface area contributed by atoms with Crippen LogP contribution in [0.5, 0.6) is 0 Å². The van der Waals surface area contributed by atoms with Crippen molar-refractivity contribution in [2.24, 2.45) is 11.0 Å². The van der Waals surface area contributed by atoms with Crippen molar-refractivity contribution >= 4 is 29.1 Å². The van der Waals surface area contributed by atoms with Gasteiger partial charge < -0.3 is 5.32 Å². The van der Waals surface area contributed by atoms with Gasteiger partial charge in [0.25, 0.3) is 0 Å². The third-order valence-electron chi connectivity index (χ3n) is 8.45. The Balaban J connectivity index is 1.04. The summed E-state index contributed by atoms with van der Waals surface area (Å²) in [5.74, 6) is 1.12. The Labute approximate surface area is 239 Å². The molecular formula is C35H31N3OS. The minimum atomic E-state index is -0.0877. The lowest BCUT2D eigenvalue weighted by atomic mass is 9.76. The number of thioether (sulfide) groups is 1. The Morgan fingerprint density at radius 1 is 0.900 bits per heavy atom. The highest BCUT2D eigenvalue weighted by atomic mass is 32.2. The van der Waals surface area contributed by atoms with Gasteiger partial charge in [-0.3, -0.25) is 4.79 Å². The van der Waals surface area contributed by atoms with Crippen LogP contribution in [0.25, 0.3) is 11.1 Å². The molecule has 1 heterocycles. The molecule has 4 aromatic carbocycles. The first-order valence-electron chi connectivity index (χ1n) is 13.9. The third-order valence-corrected chi connectivity index (χ3v) is 9.72. The largest absolute Gasteiger partial charge is 0.378 e. The third kappa shape index (κ3) is 4.44. The maximum atomic E-state index is 12.9. The van der Waals surface area contributed by atoms with Crippen LogP contribution in [0.15, 0.2) is 114 Å². The summed E-state index contributed by atoms with van der Waals surface area (Å²) in [6.45, 7) is 1.96. The van der Waals surface area contributed by atoms with Crippen molar-refractivity contribution in [1.82, 2.24) is 5.43 Å². The van der Waals surface area contributed by atoms with Gasteiger partial charge in [-0.2, -0.15) is 5.10 Å². The van der Waals surface area contributed by atoms with Crippen LogP contribution in [0, 0.1) is 5.92 Å². The van der Waals surface area contributed by atoms with Crippen molar-refractivity contribution in [3.63, 3.8) is 0 Å². The number of allylic oxidation sites excluding steroid dienone is 2. The Morgan fingerprint density at radius 3 is 2.35 bits per heavy atom. The van der Waals surface area contributed by atoms with Gasteiger partial charge in [0, 0.05) is 11.6 Å². The van der Waals surface area contributed by atoms with Crippen LogP contribution in [0.4, 0.5) is 5.69 Å². The summed E-state index contributed by atoms with van der Waals surface area (Å²) in [5.41, 5.74) is 13.5. The zero-order valence-corrected chi connectivity index (χ0v) is 23.2. The monoisotopic (exact) mass is 541 g/mol. The van der Waals surface area contributed by atoms with Crippen molar-refractivity contribution in [3.05, 3.63) is 137 Å². The van der Waals surface area contributed by atoms with E-state index in [1.807, 2.05) is 6.92 Å². The number of anilines is 1. The summed E-state index contributed by atoms with van der Waals surface area (Å²) in [4.78, 5) is 12.9. The number of amides is 1. The number of benzene rings is 4. The molecule has 1 aliphatic heterocycles. The lowest BCUT2D eigenvalue weighted by molar-refractivity contribution is -0.118. The predicted octanol–water partition coefficient (Wildman–Crippen LogP) is 7.86. The van der Waals surface area contributed by atoms with E-state index in [2.05, 4.69) is 125 Å². The lowest BCUT2D eigenvalue weighted by Gasteiger charge is -2.37. The van der Waals surface area contributed by atoms with Gasteiger partial charge >= 0.3 is 0 Å². The minimum Gasteiger partial charge on any atom is -0.378 e. The van der Waals surface area contributed by atoms with Crippen LogP contribution in [0.3, 0.4) is 0 Å². The van der Waals surface area contributed by atoms with E-state index in [-0.39, 0.29) is 11.2 Å². The first-order valence-corrected chi connectivity index (χ1v) is 15.0. The molecule has 198 valence electrons. The van der Waals surface area contributed by atoms with E-state index in [0.717, 1.165) is 17.7 Å². The first-order chi connectivity index (χ1) is 19.7. The van der Waals surface area contributed by atoms with E-state index in [9.17, 15) is 4.79 Å². The van der Waals surface area contributed by atoms with Gasteiger partial charge in [-0.1, -0.05) is 97.1 Å². The molecule has 0 bridgehead atoms. The summed E-state index contributed by atoms with van der Waals surface area (Å²) in [6, 6.07) is 34.5. The normalized spacial score (nSPS) is 20.7. The Kier molecular flexibility index (Phi) is 6.52. The average Bonchev–Trinajstić information content (AvgIpc) is 3.62. The molecule has 0 unspecified atom stereocenters. The number of carbonyl (C=O) groups excluding carboxylic acids is 1. The number of hydrazone groups is 1. The summed E-state index contributed by atoms with van der Waals surface area (Å²) < 4.78 is 0. The smallest absolute Gasteiger partial charge is 0.250 e. The van der Waals surface area contributed by atoms with Gasteiger partial charge in [0.15, 0.2) is 0 Å². The highest BCUT2D eigenvalue weighted by molar-refractivity contribution is 8.00. The van der Waals surface area contributed by atoms with Gasteiger partial charge in [0.2, 0.25) is 5.91 Å². The van der Waals surface area contributed by atoms with E-state index in [1.54, 1.807) is 11.8 Å². The molecule has 0 aromatic heterocycles. The number of fused-ring (bicyclic) bond motifs is 6. The van der Waals surface area contributed by atoms with Crippen molar-refractivity contribution < 1.29 is 4.79 Å². The maximum absolute atomic E-state index is 12.9. The van der Waals surface area contributed by atoms with E-state index in [4.69, 9.17) is 0 Å². The number of nitrogens with one attached hydrogen (secondary N) is 2. The van der Waals surface area contributed by atoms with Gasteiger partial charge in [-0.25, -0.2) is 5.43 Å². The number of hydrogen-bond donors (Lipinski definition) is 2. The fourth-order valence-corrected chi connectivity index (χ4v) is 7.65. The molecule has 1 amide bonds. The molecule has 0 radical (unpaired) electrons. The van der Waals surface area contributed by atoms with Crippen molar-refractivity contribution in [1.29, 1.82) is 0 Å². The van der Waals surface area contributed by atoms with E-state index < -0.39 is 0 Å². The molecule has 4 aromatic rings.